The fourth-order valence-corrected chi connectivity index (χ4v) is 0.625. The second-order valence-corrected chi connectivity index (χ2v) is 1.97. The normalized spacial score (nSPS) is 8.11. The van der Waals surface area contributed by atoms with Crippen LogP contribution in [0.25, 0.3) is 0 Å². The van der Waals surface area contributed by atoms with Gasteiger partial charge in [-0.15, -0.1) is 12.6 Å². The van der Waals surface area contributed by atoms with Crippen LogP contribution in [0.1, 0.15) is 0 Å². The summed E-state index contributed by atoms with van der Waals surface area (Å²) in [5.74, 6) is 0.232. The Balaban J connectivity index is 0.000000640. The minimum Gasteiger partial charge on any atom is -0.507 e. The van der Waals surface area contributed by atoms with Crippen molar-refractivity contribution in [2.75, 3.05) is 0 Å². The number of para-hydroxylation sites is 1. The van der Waals surface area contributed by atoms with E-state index < -0.39 is 0 Å². The molecule has 0 bridgehead atoms. The molecule has 0 saturated heterocycles. The van der Waals surface area contributed by atoms with Gasteiger partial charge in [-0.1, -0.05) is 12.1 Å². The fourth-order valence-electron chi connectivity index (χ4n) is 0.464. The predicted molar refractivity (Wildman–Crippen MR) is 35.4 cm³/mol. The van der Waals surface area contributed by atoms with E-state index in [1.54, 1.807) is 18.2 Å². The standard InChI is InChI=1S/C6H6OS.Au/c7-5-3-1-2-4-6(5)8;/h1-4,7-8H;. The second-order valence-electron chi connectivity index (χ2n) is 1.49. The largest absolute Gasteiger partial charge is 0.507 e. The Morgan fingerprint density at radius 1 is 1.22 bits per heavy atom. The molecule has 1 radical (unpaired) electrons. The van der Waals surface area contributed by atoms with Crippen molar-refractivity contribution in [1.82, 2.24) is 0 Å². The average molecular weight is 323 g/mol. The predicted octanol–water partition coefficient (Wildman–Crippen LogP) is 1.68. The zero-order valence-electron chi connectivity index (χ0n) is 4.51. The van der Waals surface area contributed by atoms with Crippen LogP contribution in [0.4, 0.5) is 0 Å². The molecule has 1 aromatic rings. The molecule has 0 atom stereocenters. The number of phenols is 1. The fraction of sp³-hybridized carbons (Fsp3) is 0. The Morgan fingerprint density at radius 2 is 1.78 bits per heavy atom. The summed E-state index contributed by atoms with van der Waals surface area (Å²) < 4.78 is 0. The molecule has 1 aromatic carbocycles. The van der Waals surface area contributed by atoms with Crippen molar-refractivity contribution in [3.8, 4) is 5.75 Å². The van der Waals surface area contributed by atoms with E-state index in [1.807, 2.05) is 6.07 Å². The molecular weight excluding hydrogens is 317 g/mol. The smallest absolute Gasteiger partial charge is 0.128 e. The Morgan fingerprint density at radius 3 is 2.11 bits per heavy atom. The van der Waals surface area contributed by atoms with E-state index >= 15 is 0 Å². The first kappa shape index (κ1) is 9.11. The third-order valence-corrected chi connectivity index (χ3v) is 1.26. The Labute approximate surface area is 75.0 Å². The van der Waals surface area contributed by atoms with Crippen LogP contribution in [0.5, 0.6) is 5.75 Å². The van der Waals surface area contributed by atoms with Crippen molar-refractivity contribution in [3.05, 3.63) is 24.3 Å². The summed E-state index contributed by atoms with van der Waals surface area (Å²) in [5.41, 5.74) is 0. The Hall–Kier alpha value is 0.110. The van der Waals surface area contributed by atoms with Crippen molar-refractivity contribution in [2.45, 2.75) is 4.90 Å². The molecule has 3 heteroatoms. The minimum absolute atomic E-state index is 0. The summed E-state index contributed by atoms with van der Waals surface area (Å²) in [5, 5.41) is 8.84. The summed E-state index contributed by atoms with van der Waals surface area (Å²) in [4.78, 5) is 0.618. The molecular formula is C6H6AuOS. The molecule has 0 aliphatic heterocycles. The van der Waals surface area contributed by atoms with E-state index in [0.717, 1.165) is 0 Å². The van der Waals surface area contributed by atoms with Crippen LogP contribution in [0, 0.1) is 0 Å². The van der Waals surface area contributed by atoms with Gasteiger partial charge in [0.1, 0.15) is 5.75 Å². The molecule has 0 saturated carbocycles. The molecule has 1 rings (SSSR count). The molecule has 9 heavy (non-hydrogen) atoms. The van der Waals surface area contributed by atoms with E-state index in [1.165, 1.54) is 0 Å². The third-order valence-electron chi connectivity index (χ3n) is 0.882. The van der Waals surface area contributed by atoms with Gasteiger partial charge in [0.15, 0.2) is 0 Å². The summed E-state index contributed by atoms with van der Waals surface area (Å²) in [6.07, 6.45) is 0. The SMILES string of the molecule is Oc1ccccc1S.[Au]. The van der Waals surface area contributed by atoms with E-state index in [2.05, 4.69) is 12.6 Å². The molecule has 0 spiro atoms. The van der Waals surface area contributed by atoms with Crippen LogP contribution in [-0.4, -0.2) is 5.11 Å². The summed E-state index contributed by atoms with van der Waals surface area (Å²) in [6, 6.07) is 6.91. The van der Waals surface area contributed by atoms with E-state index in [9.17, 15) is 0 Å². The molecule has 1 nitrogen and oxygen atoms in total. The van der Waals surface area contributed by atoms with Crippen LogP contribution < -0.4 is 0 Å². The van der Waals surface area contributed by atoms with Gasteiger partial charge in [-0.2, -0.15) is 0 Å². The number of rotatable bonds is 0. The van der Waals surface area contributed by atoms with Crippen LogP contribution >= 0.6 is 12.6 Å². The number of hydrogen-bond donors (Lipinski definition) is 2. The quantitative estimate of drug-likeness (QED) is 0.550. The maximum atomic E-state index is 8.84. The van der Waals surface area contributed by atoms with Gasteiger partial charge in [0.25, 0.3) is 0 Å². The first-order valence-electron chi connectivity index (χ1n) is 2.27. The Kier molecular flexibility index (Phi) is 4.06. The summed E-state index contributed by atoms with van der Waals surface area (Å²) in [7, 11) is 0. The third kappa shape index (κ3) is 2.45. The zero-order chi connectivity index (χ0) is 5.98. The van der Waals surface area contributed by atoms with Crippen molar-refractivity contribution in [3.63, 3.8) is 0 Å². The molecule has 0 unspecified atom stereocenters. The number of thiol groups is 1. The first-order chi connectivity index (χ1) is 3.80. The maximum absolute atomic E-state index is 8.84. The van der Waals surface area contributed by atoms with Gasteiger partial charge in [-0.25, -0.2) is 0 Å². The van der Waals surface area contributed by atoms with Gasteiger partial charge >= 0.3 is 0 Å². The van der Waals surface area contributed by atoms with Crippen LogP contribution in [0.15, 0.2) is 29.2 Å². The molecule has 0 aliphatic rings. The van der Waals surface area contributed by atoms with Gasteiger partial charge in [0.05, 0.1) is 0 Å². The Bertz CT molecular complexity index is 169. The van der Waals surface area contributed by atoms with Crippen LogP contribution in [0.2, 0.25) is 0 Å². The molecule has 0 amide bonds. The van der Waals surface area contributed by atoms with E-state index in [4.69, 9.17) is 5.11 Å². The van der Waals surface area contributed by atoms with Gasteiger partial charge in [-0.05, 0) is 12.1 Å². The van der Waals surface area contributed by atoms with Gasteiger partial charge < -0.3 is 5.11 Å². The van der Waals surface area contributed by atoms with Gasteiger partial charge in [-0.3, -0.25) is 0 Å². The topological polar surface area (TPSA) is 20.2 Å². The van der Waals surface area contributed by atoms with E-state index in [-0.39, 0.29) is 28.1 Å². The maximum Gasteiger partial charge on any atom is 0.128 e. The minimum atomic E-state index is 0. The molecule has 53 valence electrons. The molecule has 0 aliphatic carbocycles. The molecule has 1 N–H and O–H groups in total. The van der Waals surface area contributed by atoms with Crippen LogP contribution in [0.3, 0.4) is 0 Å². The monoisotopic (exact) mass is 323 g/mol. The number of aromatic hydroxyl groups is 1. The number of phenolic OH excluding ortho intramolecular Hbond substituents is 1. The number of hydrogen-bond acceptors (Lipinski definition) is 2. The molecule has 0 heterocycles. The van der Waals surface area contributed by atoms with Crippen molar-refractivity contribution >= 4 is 12.6 Å². The van der Waals surface area contributed by atoms with E-state index in [0.29, 0.717) is 4.90 Å². The van der Waals surface area contributed by atoms with Crippen molar-refractivity contribution in [2.24, 2.45) is 0 Å². The van der Waals surface area contributed by atoms with Gasteiger partial charge in [0.2, 0.25) is 0 Å². The van der Waals surface area contributed by atoms with Crippen molar-refractivity contribution < 1.29 is 27.5 Å². The van der Waals surface area contributed by atoms with Gasteiger partial charge in [0, 0.05) is 27.3 Å². The number of benzene rings is 1. The first-order valence-corrected chi connectivity index (χ1v) is 2.72. The molecule has 0 aromatic heterocycles. The zero-order valence-corrected chi connectivity index (χ0v) is 7.57. The van der Waals surface area contributed by atoms with Crippen molar-refractivity contribution in [1.29, 1.82) is 0 Å². The van der Waals surface area contributed by atoms with Crippen LogP contribution in [-0.2, 0) is 22.4 Å². The average Bonchev–Trinajstić information content (AvgIpc) is 1.77. The summed E-state index contributed by atoms with van der Waals surface area (Å²) >= 11 is 3.95. The second kappa shape index (κ2) is 4.01. The summed E-state index contributed by atoms with van der Waals surface area (Å²) in [6.45, 7) is 0. The molecule has 0 fully saturated rings.